The highest BCUT2D eigenvalue weighted by Gasteiger charge is 2.35. The van der Waals surface area contributed by atoms with Gasteiger partial charge >= 0.3 is 0 Å². The normalized spacial score (nSPS) is 19.6. The lowest BCUT2D eigenvalue weighted by atomic mass is 10.0. The topological polar surface area (TPSA) is 37.4 Å². The summed E-state index contributed by atoms with van der Waals surface area (Å²) in [5, 5.41) is 0. The number of halogens is 2. The van der Waals surface area contributed by atoms with Crippen LogP contribution in [0.25, 0.3) is 0 Å². The predicted octanol–water partition coefficient (Wildman–Crippen LogP) is 4.58. The number of nitrogens with zero attached hydrogens (tertiary/aromatic N) is 1. The Morgan fingerprint density at radius 1 is 1.00 bits per heavy atom. The van der Waals surface area contributed by atoms with Gasteiger partial charge in [0.1, 0.15) is 16.5 Å². The molecule has 1 saturated heterocycles. The summed E-state index contributed by atoms with van der Waals surface area (Å²) in [6.45, 7) is 2.27. The molecule has 0 unspecified atom stereocenters. The number of benzene rings is 2. The summed E-state index contributed by atoms with van der Waals surface area (Å²) >= 11 is 0. The van der Waals surface area contributed by atoms with Crippen molar-refractivity contribution in [3.05, 3.63) is 65.2 Å². The fourth-order valence-electron chi connectivity index (χ4n) is 3.29. The molecule has 0 amide bonds. The van der Waals surface area contributed by atoms with Crippen molar-refractivity contribution in [2.75, 3.05) is 6.54 Å². The molecule has 1 heterocycles. The van der Waals surface area contributed by atoms with E-state index >= 15 is 0 Å². The van der Waals surface area contributed by atoms with E-state index in [1.165, 1.54) is 4.31 Å². The van der Waals surface area contributed by atoms with Gasteiger partial charge < -0.3 is 0 Å². The van der Waals surface area contributed by atoms with Gasteiger partial charge in [-0.25, -0.2) is 17.2 Å². The summed E-state index contributed by atoms with van der Waals surface area (Å²) < 4.78 is 55.2. The number of aryl methyl sites for hydroxylation is 1. The van der Waals surface area contributed by atoms with Crippen LogP contribution in [0, 0.1) is 18.6 Å². The summed E-state index contributed by atoms with van der Waals surface area (Å²) in [4.78, 5) is -0.591. The minimum Gasteiger partial charge on any atom is -0.207 e. The lowest BCUT2D eigenvalue weighted by molar-refractivity contribution is 0.327. The van der Waals surface area contributed by atoms with Gasteiger partial charge in [-0.15, -0.1) is 0 Å². The smallest absolute Gasteiger partial charge is 0.207 e. The second-order valence-corrected chi connectivity index (χ2v) is 8.33. The molecule has 25 heavy (non-hydrogen) atoms. The third kappa shape index (κ3) is 3.75. The van der Waals surface area contributed by atoms with Gasteiger partial charge in [0.2, 0.25) is 10.0 Å². The van der Waals surface area contributed by atoms with E-state index in [4.69, 9.17) is 0 Å². The predicted molar refractivity (Wildman–Crippen MR) is 92.6 cm³/mol. The fraction of sp³-hybridized carbons (Fsp3) is 0.368. The Balaban J connectivity index is 2.06. The van der Waals surface area contributed by atoms with E-state index in [0.29, 0.717) is 19.4 Å². The van der Waals surface area contributed by atoms with E-state index in [1.807, 2.05) is 31.2 Å². The second-order valence-electron chi connectivity index (χ2n) is 6.47. The molecule has 134 valence electrons. The van der Waals surface area contributed by atoms with E-state index in [0.717, 1.165) is 42.2 Å². The van der Waals surface area contributed by atoms with Gasteiger partial charge in [0.25, 0.3) is 0 Å². The van der Waals surface area contributed by atoms with Crippen LogP contribution in [0.1, 0.15) is 42.9 Å². The Morgan fingerprint density at radius 2 is 1.72 bits per heavy atom. The van der Waals surface area contributed by atoms with Gasteiger partial charge in [0.15, 0.2) is 0 Å². The zero-order valence-corrected chi connectivity index (χ0v) is 14.9. The van der Waals surface area contributed by atoms with Crippen LogP contribution < -0.4 is 0 Å². The highest BCUT2D eigenvalue weighted by Crippen LogP contribution is 2.35. The number of sulfonamides is 1. The molecule has 6 heteroatoms. The van der Waals surface area contributed by atoms with Crippen LogP contribution in [-0.4, -0.2) is 19.3 Å². The molecule has 0 N–H and O–H groups in total. The SMILES string of the molecule is Cc1ccc([C@@H]2CCCCCN2S(=O)(=O)c2cc(F)ccc2F)cc1. The molecule has 1 aliphatic heterocycles. The molecule has 3 rings (SSSR count). The van der Waals surface area contributed by atoms with E-state index in [-0.39, 0.29) is 6.04 Å². The van der Waals surface area contributed by atoms with Gasteiger partial charge in [0, 0.05) is 6.54 Å². The maximum Gasteiger partial charge on any atom is 0.246 e. The van der Waals surface area contributed by atoms with Crippen molar-refractivity contribution in [1.82, 2.24) is 4.31 Å². The van der Waals surface area contributed by atoms with Crippen LogP contribution in [-0.2, 0) is 10.0 Å². The lowest BCUT2D eigenvalue weighted by Crippen LogP contribution is -2.35. The minimum absolute atomic E-state index is 0.302. The van der Waals surface area contributed by atoms with Crippen molar-refractivity contribution in [3.63, 3.8) is 0 Å². The van der Waals surface area contributed by atoms with Crippen molar-refractivity contribution in [2.24, 2.45) is 0 Å². The van der Waals surface area contributed by atoms with Gasteiger partial charge in [-0.1, -0.05) is 42.7 Å². The summed E-state index contributed by atoms with van der Waals surface area (Å²) in [6, 6.07) is 9.89. The van der Waals surface area contributed by atoms with Crippen LogP contribution in [0.2, 0.25) is 0 Å². The molecule has 1 aliphatic rings. The quantitative estimate of drug-likeness (QED) is 0.798. The first-order valence-corrected chi connectivity index (χ1v) is 9.87. The molecule has 0 saturated carbocycles. The molecule has 1 fully saturated rings. The van der Waals surface area contributed by atoms with E-state index < -0.39 is 26.6 Å². The zero-order chi connectivity index (χ0) is 18.0. The van der Waals surface area contributed by atoms with Crippen molar-refractivity contribution in [2.45, 2.75) is 43.5 Å². The van der Waals surface area contributed by atoms with Crippen molar-refractivity contribution in [1.29, 1.82) is 0 Å². The van der Waals surface area contributed by atoms with Crippen molar-refractivity contribution >= 4 is 10.0 Å². The third-order valence-electron chi connectivity index (χ3n) is 4.65. The Bertz CT molecular complexity index is 850. The highest BCUT2D eigenvalue weighted by atomic mass is 32.2. The third-order valence-corrected chi connectivity index (χ3v) is 6.57. The van der Waals surface area contributed by atoms with Crippen molar-refractivity contribution < 1.29 is 17.2 Å². The highest BCUT2D eigenvalue weighted by molar-refractivity contribution is 7.89. The fourth-order valence-corrected chi connectivity index (χ4v) is 5.05. The second kappa shape index (κ2) is 7.22. The van der Waals surface area contributed by atoms with E-state index in [9.17, 15) is 17.2 Å². The lowest BCUT2D eigenvalue weighted by Gasteiger charge is -2.29. The molecule has 1 atom stereocenters. The first-order valence-electron chi connectivity index (χ1n) is 8.43. The van der Waals surface area contributed by atoms with Gasteiger partial charge in [0.05, 0.1) is 6.04 Å². The van der Waals surface area contributed by atoms with Crippen LogP contribution in [0.15, 0.2) is 47.4 Å². The standard InChI is InChI=1S/C19H21F2NO2S/c1-14-6-8-15(9-7-14)18-5-3-2-4-12-22(18)25(23,24)19-13-16(20)10-11-17(19)21/h6-11,13,18H,2-5,12H2,1H3/t18-/m0/s1. The van der Waals surface area contributed by atoms with Crippen molar-refractivity contribution in [3.8, 4) is 0 Å². The first kappa shape index (κ1) is 18.0. The first-order chi connectivity index (χ1) is 11.9. The molecule has 2 aromatic rings. The Hall–Kier alpha value is -1.79. The minimum atomic E-state index is -4.13. The molecule has 0 aliphatic carbocycles. The van der Waals surface area contributed by atoms with Gasteiger partial charge in [-0.3, -0.25) is 0 Å². The number of hydrogen-bond donors (Lipinski definition) is 0. The number of hydrogen-bond acceptors (Lipinski definition) is 2. The van der Waals surface area contributed by atoms with Gasteiger partial charge in [-0.2, -0.15) is 4.31 Å². The maximum absolute atomic E-state index is 14.1. The molecule has 2 aromatic carbocycles. The largest absolute Gasteiger partial charge is 0.246 e. The summed E-state index contributed by atoms with van der Waals surface area (Å²) in [6.07, 6.45) is 3.19. The van der Waals surface area contributed by atoms with Crippen LogP contribution in [0.5, 0.6) is 0 Å². The van der Waals surface area contributed by atoms with Crippen LogP contribution in [0.4, 0.5) is 8.78 Å². The summed E-state index contributed by atoms with van der Waals surface area (Å²) in [7, 11) is -4.13. The molecule has 0 spiro atoms. The number of rotatable bonds is 3. The zero-order valence-electron chi connectivity index (χ0n) is 14.1. The average molecular weight is 365 g/mol. The average Bonchev–Trinajstić information content (AvgIpc) is 2.84. The molecule has 0 bridgehead atoms. The maximum atomic E-state index is 14.1. The molecular formula is C19H21F2NO2S. The molecule has 0 aromatic heterocycles. The Kier molecular flexibility index (Phi) is 5.20. The van der Waals surface area contributed by atoms with E-state index in [2.05, 4.69) is 0 Å². The summed E-state index contributed by atoms with van der Waals surface area (Å²) in [5.41, 5.74) is 1.97. The molecule has 3 nitrogen and oxygen atoms in total. The van der Waals surface area contributed by atoms with E-state index in [1.54, 1.807) is 0 Å². The van der Waals surface area contributed by atoms with Crippen LogP contribution >= 0.6 is 0 Å². The Morgan fingerprint density at radius 3 is 2.44 bits per heavy atom. The molecular weight excluding hydrogens is 344 g/mol. The monoisotopic (exact) mass is 365 g/mol. The Labute approximate surface area is 147 Å². The summed E-state index contributed by atoms with van der Waals surface area (Å²) in [5.74, 6) is -1.69. The van der Waals surface area contributed by atoms with Gasteiger partial charge in [-0.05, 0) is 43.5 Å². The van der Waals surface area contributed by atoms with Crippen LogP contribution in [0.3, 0.4) is 0 Å². The molecule has 0 radical (unpaired) electrons.